The molecule has 5 heteroatoms. The fourth-order valence-corrected chi connectivity index (χ4v) is 2.51. The first-order valence-corrected chi connectivity index (χ1v) is 8.88. The second kappa shape index (κ2) is 8.86. The predicted molar refractivity (Wildman–Crippen MR) is 108 cm³/mol. The van der Waals surface area contributed by atoms with Crippen LogP contribution in [0.3, 0.4) is 0 Å². The average Bonchev–Trinajstić information content (AvgIpc) is 2.70. The summed E-state index contributed by atoms with van der Waals surface area (Å²) in [7, 11) is 0. The number of hydrogen-bond donors (Lipinski definition) is 1. The molecule has 1 N–H and O–H groups in total. The van der Waals surface area contributed by atoms with Crippen LogP contribution in [0.25, 0.3) is 0 Å². The van der Waals surface area contributed by atoms with Crippen molar-refractivity contribution in [1.82, 2.24) is 0 Å². The Labute approximate surface area is 163 Å². The molecule has 0 radical (unpaired) electrons. The predicted octanol–water partition coefficient (Wildman–Crippen LogP) is 4.89. The zero-order valence-corrected chi connectivity index (χ0v) is 15.8. The van der Waals surface area contributed by atoms with Gasteiger partial charge in [0, 0.05) is 5.69 Å². The molecule has 0 saturated heterocycles. The maximum absolute atomic E-state index is 12.1. The molecule has 0 aliphatic carbocycles. The minimum atomic E-state index is -0.568. The number of aryl methyl sites for hydroxylation is 2. The molecule has 0 aromatic heterocycles. The van der Waals surface area contributed by atoms with Gasteiger partial charge < -0.3 is 14.8 Å². The normalized spacial score (nSPS) is 10.2. The molecule has 3 aromatic carbocycles. The number of ether oxygens (including phenoxy) is 2. The summed E-state index contributed by atoms with van der Waals surface area (Å²) < 4.78 is 10.8. The maximum atomic E-state index is 12.1. The zero-order valence-electron chi connectivity index (χ0n) is 15.8. The highest BCUT2D eigenvalue weighted by Gasteiger charge is 2.11. The highest BCUT2D eigenvalue weighted by molar-refractivity contribution is 5.95. The second-order valence-corrected chi connectivity index (χ2v) is 6.36. The third-order valence-corrected chi connectivity index (χ3v) is 4.19. The van der Waals surface area contributed by atoms with Gasteiger partial charge in [-0.25, -0.2) is 4.79 Å². The molecular weight excluding hydrogens is 354 g/mol. The van der Waals surface area contributed by atoms with Crippen molar-refractivity contribution in [3.63, 3.8) is 0 Å². The third-order valence-electron chi connectivity index (χ3n) is 4.19. The van der Waals surface area contributed by atoms with Gasteiger partial charge in [0.1, 0.15) is 11.5 Å². The molecule has 1 amide bonds. The van der Waals surface area contributed by atoms with Gasteiger partial charge >= 0.3 is 5.97 Å². The molecule has 0 aliphatic heterocycles. The highest BCUT2D eigenvalue weighted by Crippen LogP contribution is 2.21. The van der Waals surface area contributed by atoms with Crippen LogP contribution >= 0.6 is 0 Å². The topological polar surface area (TPSA) is 64.6 Å². The van der Waals surface area contributed by atoms with Crippen molar-refractivity contribution in [1.29, 1.82) is 0 Å². The van der Waals surface area contributed by atoms with Crippen LogP contribution in [0.5, 0.6) is 11.5 Å². The van der Waals surface area contributed by atoms with Crippen LogP contribution in [0.1, 0.15) is 21.5 Å². The highest BCUT2D eigenvalue weighted by atomic mass is 16.5. The van der Waals surface area contributed by atoms with Gasteiger partial charge in [0.15, 0.2) is 6.61 Å². The van der Waals surface area contributed by atoms with Gasteiger partial charge in [0.25, 0.3) is 5.91 Å². The molecule has 0 bridgehead atoms. The van der Waals surface area contributed by atoms with Crippen LogP contribution < -0.4 is 10.1 Å². The van der Waals surface area contributed by atoms with Crippen molar-refractivity contribution in [2.45, 2.75) is 13.8 Å². The van der Waals surface area contributed by atoms with Crippen molar-refractivity contribution in [3.05, 3.63) is 89.5 Å². The smallest absolute Gasteiger partial charge is 0.338 e. The Morgan fingerprint density at radius 1 is 0.821 bits per heavy atom. The number of para-hydroxylation sites is 1. The Morgan fingerprint density at radius 2 is 1.50 bits per heavy atom. The van der Waals surface area contributed by atoms with Gasteiger partial charge in [0.05, 0.1) is 5.56 Å². The number of anilines is 1. The molecule has 0 heterocycles. The van der Waals surface area contributed by atoms with E-state index in [1.165, 1.54) is 0 Å². The summed E-state index contributed by atoms with van der Waals surface area (Å²) in [5, 5.41) is 2.72. The number of rotatable bonds is 6. The molecule has 3 aromatic rings. The summed E-state index contributed by atoms with van der Waals surface area (Å²) in [6.07, 6.45) is 0. The molecule has 0 fully saturated rings. The lowest BCUT2D eigenvalue weighted by atomic mass is 10.1. The summed E-state index contributed by atoms with van der Waals surface area (Å²) >= 11 is 0. The molecule has 3 rings (SSSR count). The SMILES string of the molecule is Cc1ccc(NC(=O)COC(=O)c2ccc(Oc3ccccc3)cc2)cc1C. The number of hydrogen-bond acceptors (Lipinski definition) is 4. The minimum absolute atomic E-state index is 0.347. The monoisotopic (exact) mass is 375 g/mol. The fourth-order valence-electron chi connectivity index (χ4n) is 2.51. The van der Waals surface area contributed by atoms with E-state index in [1.54, 1.807) is 24.3 Å². The summed E-state index contributed by atoms with van der Waals surface area (Å²) in [5.74, 6) is 0.359. The van der Waals surface area contributed by atoms with Gasteiger partial charge in [-0.2, -0.15) is 0 Å². The molecule has 28 heavy (non-hydrogen) atoms. The van der Waals surface area contributed by atoms with Crippen LogP contribution in [0.15, 0.2) is 72.8 Å². The lowest BCUT2D eigenvalue weighted by Gasteiger charge is -2.09. The number of carbonyl (C=O) groups is 2. The summed E-state index contributed by atoms with van der Waals surface area (Å²) in [4.78, 5) is 24.1. The van der Waals surface area contributed by atoms with Gasteiger partial charge in [-0.15, -0.1) is 0 Å². The standard InChI is InChI=1S/C23H21NO4/c1-16-8-11-19(14-17(16)2)24-22(25)15-27-23(26)18-9-12-21(13-10-18)28-20-6-4-3-5-7-20/h3-14H,15H2,1-2H3,(H,24,25). The first-order chi connectivity index (χ1) is 13.5. The first-order valence-electron chi connectivity index (χ1n) is 8.88. The summed E-state index contributed by atoms with van der Waals surface area (Å²) in [5.41, 5.74) is 3.24. The van der Waals surface area contributed by atoms with E-state index in [-0.39, 0.29) is 12.5 Å². The molecule has 0 spiro atoms. The molecule has 0 atom stereocenters. The van der Waals surface area contributed by atoms with Crippen LogP contribution in [0.2, 0.25) is 0 Å². The van der Waals surface area contributed by atoms with E-state index in [1.807, 2.05) is 62.4 Å². The quantitative estimate of drug-likeness (QED) is 0.623. The van der Waals surface area contributed by atoms with Crippen LogP contribution in [-0.2, 0) is 9.53 Å². The molecule has 0 unspecified atom stereocenters. The lowest BCUT2D eigenvalue weighted by molar-refractivity contribution is -0.119. The van der Waals surface area contributed by atoms with Crippen LogP contribution in [-0.4, -0.2) is 18.5 Å². The van der Waals surface area contributed by atoms with E-state index >= 15 is 0 Å². The number of amides is 1. The number of esters is 1. The molecule has 0 saturated carbocycles. The minimum Gasteiger partial charge on any atom is -0.457 e. The number of nitrogens with one attached hydrogen (secondary N) is 1. The van der Waals surface area contributed by atoms with E-state index in [0.717, 1.165) is 11.1 Å². The van der Waals surface area contributed by atoms with Crippen molar-refractivity contribution in [3.8, 4) is 11.5 Å². The molecule has 0 aliphatic rings. The van der Waals surface area contributed by atoms with E-state index < -0.39 is 5.97 Å². The average molecular weight is 375 g/mol. The molecule has 142 valence electrons. The van der Waals surface area contributed by atoms with E-state index in [0.29, 0.717) is 22.7 Å². The zero-order chi connectivity index (χ0) is 19.9. The van der Waals surface area contributed by atoms with Gasteiger partial charge in [0.2, 0.25) is 0 Å². The van der Waals surface area contributed by atoms with E-state index in [4.69, 9.17) is 9.47 Å². The second-order valence-electron chi connectivity index (χ2n) is 6.36. The van der Waals surface area contributed by atoms with E-state index in [9.17, 15) is 9.59 Å². The first kappa shape index (κ1) is 19.2. The van der Waals surface area contributed by atoms with Crippen LogP contribution in [0.4, 0.5) is 5.69 Å². The van der Waals surface area contributed by atoms with Crippen molar-refractivity contribution in [2.24, 2.45) is 0 Å². The number of benzene rings is 3. The van der Waals surface area contributed by atoms with Crippen molar-refractivity contribution < 1.29 is 19.1 Å². The summed E-state index contributed by atoms with van der Waals surface area (Å²) in [6, 6.07) is 21.5. The van der Waals surface area contributed by atoms with Gasteiger partial charge in [-0.05, 0) is 73.5 Å². The summed E-state index contributed by atoms with van der Waals surface area (Å²) in [6.45, 7) is 3.61. The Hall–Kier alpha value is -3.60. The molecule has 5 nitrogen and oxygen atoms in total. The Balaban J connectivity index is 1.51. The fraction of sp³-hybridized carbons (Fsp3) is 0.130. The lowest BCUT2D eigenvalue weighted by Crippen LogP contribution is -2.21. The number of carbonyl (C=O) groups excluding carboxylic acids is 2. The van der Waals surface area contributed by atoms with Crippen LogP contribution in [0, 0.1) is 13.8 Å². The Bertz CT molecular complexity index is 966. The Kier molecular flexibility index (Phi) is 6.07. The maximum Gasteiger partial charge on any atom is 0.338 e. The van der Waals surface area contributed by atoms with Crippen molar-refractivity contribution >= 4 is 17.6 Å². The third kappa shape index (κ3) is 5.20. The van der Waals surface area contributed by atoms with Gasteiger partial charge in [-0.3, -0.25) is 4.79 Å². The van der Waals surface area contributed by atoms with Crippen molar-refractivity contribution in [2.75, 3.05) is 11.9 Å². The van der Waals surface area contributed by atoms with Gasteiger partial charge in [-0.1, -0.05) is 24.3 Å². The van der Waals surface area contributed by atoms with E-state index in [2.05, 4.69) is 5.32 Å². The molecular formula is C23H21NO4. The largest absolute Gasteiger partial charge is 0.457 e. The Morgan fingerprint density at radius 3 is 2.18 bits per heavy atom.